The third-order valence-corrected chi connectivity index (χ3v) is 7.65. The summed E-state index contributed by atoms with van der Waals surface area (Å²) in [5, 5.41) is 0. The molecule has 0 spiro atoms. The molecule has 32 heavy (non-hydrogen) atoms. The number of hydrogen-bond acceptors (Lipinski definition) is 4. The average Bonchev–Trinajstić information content (AvgIpc) is 2.75. The largest absolute Gasteiger partial charge is 0.394 e. The maximum absolute atomic E-state index is 8.74. The summed E-state index contributed by atoms with van der Waals surface area (Å²) in [7, 11) is -4.67. The zero-order valence-corrected chi connectivity index (χ0v) is 24.1. The van der Waals surface area contributed by atoms with Crippen LogP contribution in [0.2, 0.25) is 3.67 Å². The van der Waals surface area contributed by atoms with Crippen molar-refractivity contribution >= 4 is 38.3 Å². The molecule has 0 bridgehead atoms. The maximum atomic E-state index is 8.74. The molecular formula is C24H50NNaO5S. The predicted octanol–water partition coefficient (Wildman–Crippen LogP) is 6.13. The number of nitrogens with zero attached hydrogens (tertiary/aromatic N) is 1. The van der Waals surface area contributed by atoms with Gasteiger partial charge in [-0.25, -0.2) is 0 Å². The second kappa shape index (κ2) is 22.3. The summed E-state index contributed by atoms with van der Waals surface area (Å²) < 4.78 is 39.1. The first-order valence-corrected chi connectivity index (χ1v) is 16.2. The molecule has 1 fully saturated rings. The molecule has 1 heterocycles. The Morgan fingerprint density at radius 2 is 1.31 bits per heavy atom. The van der Waals surface area contributed by atoms with Gasteiger partial charge in [0, 0.05) is 0 Å². The number of likely N-dealkylation sites (N-methyl/N-ethyl adjacent to an activating group) is 1. The fourth-order valence-electron chi connectivity index (χ4n) is 4.56. The Kier molecular flexibility index (Phi) is 22.8. The summed E-state index contributed by atoms with van der Waals surface area (Å²) >= 11 is 1.32. The van der Waals surface area contributed by atoms with Crippen LogP contribution in [0.4, 0.5) is 0 Å². The van der Waals surface area contributed by atoms with Gasteiger partial charge < -0.3 is 0 Å². The van der Waals surface area contributed by atoms with E-state index < -0.39 is 10.4 Å². The van der Waals surface area contributed by atoms with E-state index in [1.807, 2.05) is 0 Å². The van der Waals surface area contributed by atoms with Crippen molar-refractivity contribution in [2.24, 2.45) is 5.92 Å². The van der Waals surface area contributed by atoms with Crippen LogP contribution in [0.1, 0.15) is 110 Å². The van der Waals surface area contributed by atoms with E-state index >= 15 is 0 Å². The first-order valence-electron chi connectivity index (χ1n) is 13.4. The fourth-order valence-corrected chi connectivity index (χ4v) is 5.49. The molecule has 1 aliphatic heterocycles. The summed E-state index contributed by atoms with van der Waals surface area (Å²) in [5.74, 6) is 0.836. The van der Waals surface area contributed by atoms with E-state index in [0.717, 1.165) is 19.1 Å². The van der Waals surface area contributed by atoms with Crippen molar-refractivity contribution in [3.05, 3.63) is 0 Å². The van der Waals surface area contributed by atoms with Gasteiger partial charge in [-0.3, -0.25) is 9.11 Å². The quantitative estimate of drug-likeness (QED) is 0.137. The number of hydrogen-bond donors (Lipinski definition) is 2. The van der Waals surface area contributed by atoms with Gasteiger partial charge in [0.05, 0.1) is 0 Å². The smallest absolute Gasteiger partial charge is 0.264 e. The van der Waals surface area contributed by atoms with Crippen LogP contribution in [0.25, 0.3) is 0 Å². The minimum Gasteiger partial charge on any atom is -0.264 e. The van der Waals surface area contributed by atoms with Crippen LogP contribution in [0.15, 0.2) is 0 Å². The summed E-state index contributed by atoms with van der Waals surface area (Å²) in [6.45, 7) is 9.05. The van der Waals surface area contributed by atoms with Gasteiger partial charge in [0.15, 0.2) is 0 Å². The third kappa shape index (κ3) is 22.6. The van der Waals surface area contributed by atoms with Gasteiger partial charge in [0.2, 0.25) is 0 Å². The molecule has 0 aromatic carbocycles. The Morgan fingerprint density at radius 1 is 0.875 bits per heavy atom. The van der Waals surface area contributed by atoms with E-state index in [9.17, 15) is 0 Å². The molecule has 188 valence electrons. The van der Waals surface area contributed by atoms with Gasteiger partial charge in [0.25, 0.3) is 0 Å². The summed E-state index contributed by atoms with van der Waals surface area (Å²) in [5.41, 5.74) is 0. The number of ether oxygens (including phenoxy) is 1. The molecule has 6 nitrogen and oxygen atoms in total. The van der Waals surface area contributed by atoms with E-state index in [1.165, 1.54) is 141 Å². The van der Waals surface area contributed by atoms with Crippen molar-refractivity contribution in [3.63, 3.8) is 0 Å². The van der Waals surface area contributed by atoms with Crippen LogP contribution >= 0.6 is 0 Å². The standard InChI is InChI=1S/C24H48NO.Na.H2O4S/c1-4-6-7-8-9-10-11-12-13-14-15-16-17-18-19-23(3)24-22-25(5-2)20-21-26-24;;1-5(2,3)4/h23-24H,3-22H2,1-2H3;;(H2,1,2,3,4). The molecule has 0 saturated carbocycles. The zero-order valence-electron chi connectivity index (χ0n) is 21.3. The average molecular weight is 488 g/mol. The van der Waals surface area contributed by atoms with Crippen molar-refractivity contribution in [2.75, 3.05) is 26.2 Å². The Hall–Kier alpha value is 0.790. The van der Waals surface area contributed by atoms with Gasteiger partial charge in [-0.05, 0) is 0 Å². The first kappa shape index (κ1) is 32.8. The molecule has 2 N–H and O–H groups in total. The van der Waals surface area contributed by atoms with E-state index in [2.05, 4.69) is 18.7 Å². The van der Waals surface area contributed by atoms with Crippen molar-refractivity contribution < 1.29 is 22.3 Å². The molecule has 0 radical (unpaired) electrons. The Bertz CT molecular complexity index is 499. The Balaban J connectivity index is 0.00000172. The van der Waals surface area contributed by atoms with Gasteiger partial charge >= 0.3 is 161 Å². The van der Waals surface area contributed by atoms with Crippen LogP contribution in [0.5, 0.6) is 0 Å². The number of rotatable bonds is 18. The van der Waals surface area contributed by atoms with Crippen LogP contribution in [-0.2, 0) is 15.1 Å². The van der Waals surface area contributed by atoms with Crippen molar-refractivity contribution in [1.82, 2.24) is 4.90 Å². The zero-order chi connectivity index (χ0) is 24.1. The summed E-state index contributed by atoms with van der Waals surface area (Å²) in [6.07, 6.45) is 22.3. The van der Waals surface area contributed by atoms with Crippen LogP contribution in [0.3, 0.4) is 0 Å². The minimum absolute atomic E-state index is 0.526. The second-order valence-electron chi connectivity index (χ2n) is 9.30. The van der Waals surface area contributed by atoms with Gasteiger partial charge in [0.1, 0.15) is 0 Å². The SMILES string of the molecule is CCCCCCCCCCCCCCCCC([CH2][Na])C1CN(CC)CCO1.O=S(=O)(O)O. The summed E-state index contributed by atoms with van der Waals surface area (Å²) in [6, 6.07) is 0. The van der Waals surface area contributed by atoms with Gasteiger partial charge in [-0.2, -0.15) is 8.42 Å². The van der Waals surface area contributed by atoms with Crippen LogP contribution < -0.4 is 0 Å². The normalized spacial score (nSPS) is 18.2. The van der Waals surface area contributed by atoms with E-state index in [-0.39, 0.29) is 0 Å². The maximum Gasteiger partial charge on any atom is 0.394 e. The molecule has 0 amide bonds. The molecule has 2 unspecified atom stereocenters. The van der Waals surface area contributed by atoms with Crippen LogP contribution in [-0.4, -0.2) is 82.7 Å². The molecule has 1 rings (SSSR count). The molecule has 2 atom stereocenters. The van der Waals surface area contributed by atoms with Crippen molar-refractivity contribution in [1.29, 1.82) is 0 Å². The predicted molar refractivity (Wildman–Crippen MR) is 135 cm³/mol. The topological polar surface area (TPSA) is 87.1 Å². The Morgan fingerprint density at radius 3 is 1.72 bits per heavy atom. The fraction of sp³-hybridized carbons (Fsp3) is 1.00. The molecular weight excluding hydrogens is 437 g/mol. The number of unbranched alkanes of at least 4 members (excludes halogenated alkanes) is 13. The van der Waals surface area contributed by atoms with E-state index in [1.54, 1.807) is 0 Å². The van der Waals surface area contributed by atoms with Gasteiger partial charge in [-0.15, -0.1) is 0 Å². The second-order valence-corrected chi connectivity index (χ2v) is 11.0. The molecule has 0 aliphatic carbocycles. The third-order valence-electron chi connectivity index (χ3n) is 6.60. The molecule has 0 aromatic rings. The molecule has 1 aliphatic rings. The monoisotopic (exact) mass is 487 g/mol. The van der Waals surface area contributed by atoms with E-state index in [4.69, 9.17) is 22.3 Å². The minimum atomic E-state index is -4.67. The Labute approximate surface area is 216 Å². The summed E-state index contributed by atoms with van der Waals surface area (Å²) in [4.78, 5) is 2.57. The van der Waals surface area contributed by atoms with Gasteiger partial charge in [-0.1, -0.05) is 39.0 Å². The van der Waals surface area contributed by atoms with Crippen molar-refractivity contribution in [2.45, 2.75) is 120 Å². The van der Waals surface area contributed by atoms with Crippen LogP contribution in [0, 0.1) is 5.92 Å². The number of morpholine rings is 1. The first-order chi connectivity index (χ1) is 15.3. The molecule has 8 heteroatoms. The molecule has 1 saturated heterocycles. The van der Waals surface area contributed by atoms with Crippen molar-refractivity contribution in [3.8, 4) is 0 Å². The van der Waals surface area contributed by atoms with E-state index in [0.29, 0.717) is 6.10 Å². The molecule has 0 aromatic heterocycles.